The van der Waals surface area contributed by atoms with Crippen molar-refractivity contribution in [2.45, 2.75) is 26.8 Å². The zero-order valence-electron chi connectivity index (χ0n) is 17.4. The molecule has 1 aliphatic heterocycles. The Morgan fingerprint density at radius 2 is 1.66 bits per heavy atom. The maximum absolute atomic E-state index is 13.3. The van der Waals surface area contributed by atoms with Crippen LogP contribution in [0.1, 0.15) is 30.0 Å². The first-order valence-electron chi connectivity index (χ1n) is 10.0. The molecule has 0 fully saturated rings. The molecule has 0 bridgehead atoms. The van der Waals surface area contributed by atoms with Gasteiger partial charge in [0.2, 0.25) is 0 Å². The minimum atomic E-state index is -0.225. The number of amides is 2. The summed E-state index contributed by atoms with van der Waals surface area (Å²) >= 11 is 0. The number of ether oxygens (including phenoxy) is 1. The van der Waals surface area contributed by atoms with E-state index >= 15 is 0 Å². The molecule has 3 rings (SSSR count). The van der Waals surface area contributed by atoms with Gasteiger partial charge in [0.15, 0.2) is 0 Å². The van der Waals surface area contributed by atoms with Gasteiger partial charge in [0.25, 0.3) is 11.8 Å². The van der Waals surface area contributed by atoms with E-state index < -0.39 is 0 Å². The van der Waals surface area contributed by atoms with E-state index in [-0.39, 0.29) is 11.8 Å². The summed E-state index contributed by atoms with van der Waals surface area (Å²) in [6.45, 7) is 6.08. The second kappa shape index (κ2) is 9.52. The van der Waals surface area contributed by atoms with Gasteiger partial charge in [-0.2, -0.15) is 0 Å². The Morgan fingerprint density at radius 3 is 2.28 bits per heavy atom. The molecule has 0 spiro atoms. The highest BCUT2D eigenvalue weighted by Gasteiger charge is 2.40. The van der Waals surface area contributed by atoms with Gasteiger partial charge < -0.3 is 9.64 Å². The van der Waals surface area contributed by atoms with Gasteiger partial charge >= 0.3 is 0 Å². The van der Waals surface area contributed by atoms with Crippen LogP contribution in [0.15, 0.2) is 60.3 Å². The first-order valence-corrected chi connectivity index (χ1v) is 10.0. The lowest BCUT2D eigenvalue weighted by molar-refractivity contribution is -0.137. The third-order valence-electron chi connectivity index (χ3n) is 5.13. The molecular weight excluding hydrogens is 364 g/mol. The maximum atomic E-state index is 13.3. The molecule has 0 unspecified atom stereocenters. The Hall–Kier alpha value is -2.92. The largest absolute Gasteiger partial charge is 0.385 e. The monoisotopic (exact) mass is 392 g/mol. The fraction of sp³-hybridized carbons (Fsp3) is 0.333. The molecule has 2 aromatic carbocycles. The predicted molar refractivity (Wildman–Crippen MR) is 114 cm³/mol. The Balaban J connectivity index is 2.01. The zero-order valence-corrected chi connectivity index (χ0v) is 17.4. The van der Waals surface area contributed by atoms with Crippen LogP contribution in [0.25, 0.3) is 5.57 Å². The summed E-state index contributed by atoms with van der Waals surface area (Å²) in [5, 5.41) is 0. The third-order valence-corrected chi connectivity index (χ3v) is 5.13. The fourth-order valence-electron chi connectivity index (χ4n) is 3.56. The number of methoxy groups -OCH3 is 1. The molecule has 5 heteroatoms. The van der Waals surface area contributed by atoms with Crippen molar-refractivity contribution in [3.63, 3.8) is 0 Å². The highest BCUT2D eigenvalue weighted by atomic mass is 16.5. The van der Waals surface area contributed by atoms with Crippen LogP contribution in [0.4, 0.5) is 0 Å². The van der Waals surface area contributed by atoms with Crippen LogP contribution in [-0.4, -0.2) is 48.4 Å². The van der Waals surface area contributed by atoms with Gasteiger partial charge in [-0.3, -0.25) is 14.5 Å². The summed E-state index contributed by atoms with van der Waals surface area (Å²) in [6.07, 6.45) is 0.618. The Kier molecular flexibility index (Phi) is 6.83. The Morgan fingerprint density at radius 1 is 0.966 bits per heavy atom. The first-order chi connectivity index (χ1) is 14.1. The van der Waals surface area contributed by atoms with Crippen molar-refractivity contribution in [3.8, 4) is 0 Å². The SMILES string of the molecule is CCN(Cc1ccccc1)C1=C(c2ccc(C)cc2)C(=O)N(CCCOC)C1=O. The number of rotatable bonds is 9. The fourth-order valence-corrected chi connectivity index (χ4v) is 3.56. The molecule has 0 aliphatic carbocycles. The molecule has 0 saturated carbocycles. The van der Waals surface area contributed by atoms with Gasteiger partial charge in [-0.25, -0.2) is 0 Å². The Bertz CT molecular complexity index is 888. The summed E-state index contributed by atoms with van der Waals surface area (Å²) in [5.74, 6) is -0.448. The van der Waals surface area contributed by atoms with Crippen molar-refractivity contribution in [3.05, 3.63) is 77.0 Å². The highest BCUT2D eigenvalue weighted by molar-refractivity contribution is 6.35. The average Bonchev–Trinajstić information content (AvgIpc) is 2.98. The molecule has 1 heterocycles. The average molecular weight is 392 g/mol. The molecular formula is C24H28N2O3. The zero-order chi connectivity index (χ0) is 20.8. The van der Waals surface area contributed by atoms with Crippen molar-refractivity contribution in [1.82, 2.24) is 9.80 Å². The van der Waals surface area contributed by atoms with Crippen LogP contribution in [0.2, 0.25) is 0 Å². The minimum absolute atomic E-state index is 0.223. The lowest BCUT2D eigenvalue weighted by Crippen LogP contribution is -2.36. The number of carbonyl (C=O) groups is 2. The summed E-state index contributed by atoms with van der Waals surface area (Å²) in [6, 6.07) is 17.8. The highest BCUT2D eigenvalue weighted by Crippen LogP contribution is 2.32. The first kappa shape index (κ1) is 20.8. The van der Waals surface area contributed by atoms with Crippen LogP contribution in [-0.2, 0) is 20.9 Å². The maximum Gasteiger partial charge on any atom is 0.277 e. The van der Waals surface area contributed by atoms with Gasteiger partial charge in [-0.1, -0.05) is 60.2 Å². The van der Waals surface area contributed by atoms with Crippen LogP contribution in [0.3, 0.4) is 0 Å². The minimum Gasteiger partial charge on any atom is -0.385 e. The molecule has 152 valence electrons. The van der Waals surface area contributed by atoms with Crippen molar-refractivity contribution in [2.24, 2.45) is 0 Å². The van der Waals surface area contributed by atoms with Gasteiger partial charge in [0.05, 0.1) is 5.57 Å². The lowest BCUT2D eigenvalue weighted by Gasteiger charge is -2.25. The second-order valence-electron chi connectivity index (χ2n) is 7.20. The van der Waals surface area contributed by atoms with E-state index in [1.165, 1.54) is 4.90 Å². The molecule has 2 amide bonds. The van der Waals surface area contributed by atoms with Crippen molar-refractivity contribution in [2.75, 3.05) is 26.8 Å². The third kappa shape index (κ3) is 4.57. The molecule has 1 aliphatic rings. The van der Waals surface area contributed by atoms with E-state index in [1.54, 1.807) is 7.11 Å². The molecule has 2 aromatic rings. The number of nitrogens with zero attached hydrogens (tertiary/aromatic N) is 2. The van der Waals surface area contributed by atoms with E-state index in [9.17, 15) is 9.59 Å². The number of benzene rings is 2. The van der Waals surface area contributed by atoms with E-state index in [1.807, 2.05) is 73.3 Å². The summed E-state index contributed by atoms with van der Waals surface area (Å²) in [7, 11) is 1.62. The van der Waals surface area contributed by atoms with Gasteiger partial charge in [0, 0.05) is 33.4 Å². The number of likely N-dealkylation sites (N-methyl/N-ethyl adjacent to an activating group) is 1. The van der Waals surface area contributed by atoms with Crippen LogP contribution in [0, 0.1) is 6.92 Å². The van der Waals surface area contributed by atoms with E-state index in [0.29, 0.717) is 43.9 Å². The van der Waals surface area contributed by atoms with Crippen molar-refractivity contribution in [1.29, 1.82) is 0 Å². The van der Waals surface area contributed by atoms with E-state index in [4.69, 9.17) is 4.74 Å². The molecule has 5 nitrogen and oxygen atoms in total. The van der Waals surface area contributed by atoms with Gasteiger partial charge in [-0.05, 0) is 31.4 Å². The van der Waals surface area contributed by atoms with Crippen molar-refractivity contribution < 1.29 is 14.3 Å². The predicted octanol–water partition coefficient (Wildman–Crippen LogP) is 3.63. The summed E-state index contributed by atoms with van der Waals surface area (Å²) in [4.78, 5) is 29.9. The topological polar surface area (TPSA) is 49.9 Å². The number of aryl methyl sites for hydroxylation is 1. The Labute approximate surface area is 172 Å². The van der Waals surface area contributed by atoms with Crippen molar-refractivity contribution >= 4 is 17.4 Å². The number of carbonyl (C=O) groups excluding carboxylic acids is 2. The van der Waals surface area contributed by atoms with Crippen LogP contribution >= 0.6 is 0 Å². The molecule has 0 aromatic heterocycles. The smallest absolute Gasteiger partial charge is 0.277 e. The molecule has 0 radical (unpaired) electrons. The standard InChI is InChI=1S/C24H28N2O3/c1-4-25(17-19-9-6-5-7-10-19)22-21(20-13-11-18(2)12-14-20)23(27)26(24(22)28)15-8-16-29-3/h5-7,9-14H,4,8,15-17H2,1-3H3. The van der Waals surface area contributed by atoms with E-state index in [2.05, 4.69) is 0 Å². The summed E-state index contributed by atoms with van der Waals surface area (Å²) in [5.41, 5.74) is 3.97. The van der Waals surface area contributed by atoms with E-state index in [0.717, 1.165) is 16.7 Å². The number of hydrogen-bond acceptors (Lipinski definition) is 4. The quantitative estimate of drug-likeness (QED) is 0.483. The molecule has 0 atom stereocenters. The number of imide groups is 1. The lowest BCUT2D eigenvalue weighted by atomic mass is 10.0. The van der Waals surface area contributed by atoms with Crippen LogP contribution < -0.4 is 0 Å². The summed E-state index contributed by atoms with van der Waals surface area (Å²) < 4.78 is 5.10. The van der Waals surface area contributed by atoms with Gasteiger partial charge in [-0.15, -0.1) is 0 Å². The van der Waals surface area contributed by atoms with Crippen LogP contribution in [0.5, 0.6) is 0 Å². The second-order valence-corrected chi connectivity index (χ2v) is 7.20. The molecule has 0 N–H and O–H groups in total. The van der Waals surface area contributed by atoms with Gasteiger partial charge in [0.1, 0.15) is 5.70 Å². The normalized spacial score (nSPS) is 14.1. The molecule has 0 saturated heterocycles. The number of hydrogen-bond donors (Lipinski definition) is 0. The molecule has 29 heavy (non-hydrogen) atoms.